The van der Waals surface area contributed by atoms with E-state index in [1.165, 1.54) is 5.56 Å². The molecule has 0 saturated heterocycles. The molecule has 0 aliphatic heterocycles. The van der Waals surface area contributed by atoms with E-state index in [4.69, 9.17) is 0 Å². The first-order valence-corrected chi connectivity index (χ1v) is 6.27. The van der Waals surface area contributed by atoms with E-state index in [-0.39, 0.29) is 6.04 Å². The molecule has 1 atom stereocenters. The molecule has 1 N–H and O–H groups in total. The molecule has 2 aromatic rings. The third kappa shape index (κ3) is 3.35. The zero-order valence-electron chi connectivity index (χ0n) is 9.60. The number of nitrogens with zero attached hydrogens (tertiary/aromatic N) is 2. The molecule has 1 unspecified atom stereocenters. The zero-order valence-corrected chi connectivity index (χ0v) is 11.2. The van der Waals surface area contributed by atoms with Crippen molar-refractivity contribution in [3.63, 3.8) is 0 Å². The molecule has 1 aromatic carbocycles. The van der Waals surface area contributed by atoms with Crippen LogP contribution in [0.15, 0.2) is 47.2 Å². The van der Waals surface area contributed by atoms with Crippen LogP contribution in [0.25, 0.3) is 0 Å². The van der Waals surface area contributed by atoms with Gasteiger partial charge in [0, 0.05) is 16.9 Å². The van der Waals surface area contributed by atoms with Crippen molar-refractivity contribution in [2.75, 3.05) is 7.05 Å². The smallest absolute Gasteiger partial charge is 0.145 e. The number of nitrogens with one attached hydrogen (secondary N) is 1. The van der Waals surface area contributed by atoms with Gasteiger partial charge in [0.2, 0.25) is 0 Å². The van der Waals surface area contributed by atoms with E-state index in [2.05, 4.69) is 43.3 Å². The molecular formula is C13H14BrN3. The number of hydrogen-bond donors (Lipinski definition) is 1. The summed E-state index contributed by atoms with van der Waals surface area (Å²) in [6.07, 6.45) is 4.42. The van der Waals surface area contributed by atoms with Crippen molar-refractivity contribution in [3.8, 4) is 0 Å². The van der Waals surface area contributed by atoms with E-state index in [1.807, 2.05) is 25.2 Å². The Balaban J connectivity index is 2.16. The Morgan fingerprint density at radius 1 is 1.24 bits per heavy atom. The Morgan fingerprint density at radius 2 is 2.00 bits per heavy atom. The number of halogens is 1. The predicted molar refractivity (Wildman–Crippen MR) is 71.7 cm³/mol. The van der Waals surface area contributed by atoms with Crippen LogP contribution in [0.4, 0.5) is 0 Å². The highest BCUT2D eigenvalue weighted by Gasteiger charge is 2.12. The van der Waals surface area contributed by atoms with Gasteiger partial charge in [-0.05, 0) is 37.2 Å². The van der Waals surface area contributed by atoms with Gasteiger partial charge in [-0.1, -0.05) is 28.1 Å². The zero-order chi connectivity index (χ0) is 12.1. The minimum Gasteiger partial charge on any atom is -0.310 e. The van der Waals surface area contributed by atoms with E-state index < -0.39 is 0 Å². The number of benzene rings is 1. The van der Waals surface area contributed by atoms with Gasteiger partial charge in [-0.15, -0.1) is 0 Å². The summed E-state index contributed by atoms with van der Waals surface area (Å²) < 4.78 is 1.10. The Kier molecular flexibility index (Phi) is 4.23. The summed E-state index contributed by atoms with van der Waals surface area (Å²) in [5.41, 5.74) is 1.26. The van der Waals surface area contributed by atoms with E-state index in [0.29, 0.717) is 0 Å². The summed E-state index contributed by atoms with van der Waals surface area (Å²) in [6, 6.07) is 10.3. The lowest BCUT2D eigenvalue weighted by Gasteiger charge is -2.14. The van der Waals surface area contributed by atoms with Crippen molar-refractivity contribution in [1.82, 2.24) is 15.3 Å². The van der Waals surface area contributed by atoms with Crippen LogP contribution in [0.5, 0.6) is 0 Å². The fourth-order valence-corrected chi connectivity index (χ4v) is 2.16. The van der Waals surface area contributed by atoms with Crippen LogP contribution >= 0.6 is 15.9 Å². The highest BCUT2D eigenvalue weighted by Crippen LogP contribution is 2.17. The van der Waals surface area contributed by atoms with Crippen LogP contribution in [-0.4, -0.2) is 17.0 Å². The number of hydrogen-bond acceptors (Lipinski definition) is 3. The molecule has 0 radical (unpaired) electrons. The lowest BCUT2D eigenvalue weighted by molar-refractivity contribution is 0.557. The van der Waals surface area contributed by atoms with Crippen LogP contribution in [0, 0.1) is 0 Å². The van der Waals surface area contributed by atoms with Gasteiger partial charge < -0.3 is 5.32 Å². The largest absolute Gasteiger partial charge is 0.310 e. The molecule has 4 heteroatoms. The molecule has 0 aliphatic carbocycles. The average molecular weight is 292 g/mol. The van der Waals surface area contributed by atoms with Gasteiger partial charge in [-0.3, -0.25) is 0 Å². The molecule has 1 aromatic heterocycles. The molecule has 0 bridgehead atoms. The molecule has 0 fully saturated rings. The maximum absolute atomic E-state index is 4.28. The van der Waals surface area contributed by atoms with Gasteiger partial charge in [0.1, 0.15) is 5.82 Å². The summed E-state index contributed by atoms with van der Waals surface area (Å²) in [7, 11) is 1.93. The summed E-state index contributed by atoms with van der Waals surface area (Å²) in [5.74, 6) is 0.829. The SMILES string of the molecule is CNC(Cc1cccc(Br)c1)c1ncccn1. The summed E-state index contributed by atoms with van der Waals surface area (Å²) in [4.78, 5) is 8.57. The molecule has 0 spiro atoms. The van der Waals surface area contributed by atoms with Crippen molar-refractivity contribution < 1.29 is 0 Å². The maximum Gasteiger partial charge on any atom is 0.145 e. The van der Waals surface area contributed by atoms with Crippen LogP contribution in [0.3, 0.4) is 0 Å². The van der Waals surface area contributed by atoms with Crippen molar-refractivity contribution in [1.29, 1.82) is 0 Å². The van der Waals surface area contributed by atoms with E-state index >= 15 is 0 Å². The Hall–Kier alpha value is -1.26. The second kappa shape index (κ2) is 5.89. The van der Waals surface area contributed by atoms with Gasteiger partial charge in [-0.25, -0.2) is 9.97 Å². The van der Waals surface area contributed by atoms with Crippen molar-refractivity contribution in [2.45, 2.75) is 12.5 Å². The molecule has 3 nitrogen and oxygen atoms in total. The lowest BCUT2D eigenvalue weighted by atomic mass is 10.1. The Labute approximate surface area is 109 Å². The lowest BCUT2D eigenvalue weighted by Crippen LogP contribution is -2.21. The quantitative estimate of drug-likeness (QED) is 0.941. The predicted octanol–water partition coefficient (Wildman–Crippen LogP) is 2.74. The monoisotopic (exact) mass is 291 g/mol. The first-order valence-electron chi connectivity index (χ1n) is 5.48. The summed E-state index contributed by atoms with van der Waals surface area (Å²) in [5, 5.41) is 3.25. The molecular weight excluding hydrogens is 278 g/mol. The van der Waals surface area contributed by atoms with Gasteiger partial charge in [0.15, 0.2) is 0 Å². The number of likely N-dealkylation sites (N-methyl/N-ethyl adjacent to an activating group) is 1. The third-order valence-electron chi connectivity index (χ3n) is 2.57. The molecule has 0 saturated carbocycles. The van der Waals surface area contributed by atoms with E-state index in [0.717, 1.165) is 16.7 Å². The van der Waals surface area contributed by atoms with Gasteiger partial charge in [-0.2, -0.15) is 0 Å². The first-order chi connectivity index (χ1) is 8.29. The van der Waals surface area contributed by atoms with Gasteiger partial charge in [0.25, 0.3) is 0 Å². The fraction of sp³-hybridized carbons (Fsp3) is 0.231. The fourth-order valence-electron chi connectivity index (χ4n) is 1.71. The topological polar surface area (TPSA) is 37.8 Å². The average Bonchev–Trinajstić information content (AvgIpc) is 2.37. The Bertz CT molecular complexity index is 473. The van der Waals surface area contributed by atoms with E-state index in [1.54, 1.807) is 12.4 Å². The summed E-state index contributed by atoms with van der Waals surface area (Å²) >= 11 is 3.48. The molecule has 17 heavy (non-hydrogen) atoms. The molecule has 1 heterocycles. The second-order valence-electron chi connectivity index (χ2n) is 3.78. The van der Waals surface area contributed by atoms with Gasteiger partial charge >= 0.3 is 0 Å². The molecule has 88 valence electrons. The Morgan fingerprint density at radius 3 is 2.65 bits per heavy atom. The van der Waals surface area contributed by atoms with Gasteiger partial charge in [0.05, 0.1) is 6.04 Å². The summed E-state index contributed by atoms with van der Waals surface area (Å²) in [6.45, 7) is 0. The highest BCUT2D eigenvalue weighted by atomic mass is 79.9. The first kappa shape index (κ1) is 12.2. The standard InChI is InChI=1S/C13H14BrN3/c1-15-12(13-16-6-3-7-17-13)9-10-4-2-5-11(14)8-10/h2-8,12,15H,9H2,1H3. The van der Waals surface area contributed by atoms with Crippen LogP contribution in [0.1, 0.15) is 17.4 Å². The van der Waals surface area contributed by atoms with Crippen LogP contribution < -0.4 is 5.32 Å². The van der Waals surface area contributed by atoms with Crippen LogP contribution in [-0.2, 0) is 6.42 Å². The minimum atomic E-state index is 0.144. The van der Waals surface area contributed by atoms with Crippen molar-refractivity contribution >= 4 is 15.9 Å². The normalized spacial score (nSPS) is 12.4. The number of rotatable bonds is 4. The maximum atomic E-state index is 4.28. The van der Waals surface area contributed by atoms with Crippen LogP contribution in [0.2, 0.25) is 0 Å². The molecule has 0 amide bonds. The van der Waals surface area contributed by atoms with E-state index in [9.17, 15) is 0 Å². The molecule has 2 rings (SSSR count). The molecule has 0 aliphatic rings. The third-order valence-corrected chi connectivity index (χ3v) is 3.07. The highest BCUT2D eigenvalue weighted by molar-refractivity contribution is 9.10. The van der Waals surface area contributed by atoms with Crippen molar-refractivity contribution in [2.24, 2.45) is 0 Å². The second-order valence-corrected chi connectivity index (χ2v) is 4.70. The van der Waals surface area contributed by atoms with Crippen molar-refractivity contribution in [3.05, 3.63) is 58.6 Å². The number of aromatic nitrogens is 2. The minimum absolute atomic E-state index is 0.144.